The number of aliphatic carboxylic acids is 1. The van der Waals surface area contributed by atoms with E-state index in [4.69, 9.17) is 5.11 Å². The molecule has 9 heteroatoms. The largest absolute Gasteiger partial charge is 0.478 e. The highest BCUT2D eigenvalue weighted by atomic mass is 16.4. The first-order valence-electron chi connectivity index (χ1n) is 19.0. The van der Waals surface area contributed by atoms with Crippen LogP contribution in [0.3, 0.4) is 0 Å². The number of carbonyl (C=O) groups excluding carboxylic acids is 2. The van der Waals surface area contributed by atoms with Gasteiger partial charge in [-0.05, 0) is 92.7 Å². The van der Waals surface area contributed by atoms with Gasteiger partial charge in [-0.3, -0.25) is 14.5 Å². The number of amides is 2. The normalized spacial score (nSPS) is 17.8. The smallest absolute Gasteiger partial charge is 0.328 e. The molecule has 2 fully saturated rings. The molecule has 0 radical (unpaired) electrons. The van der Waals surface area contributed by atoms with Gasteiger partial charge in [0.1, 0.15) is 5.54 Å². The molecule has 7 rings (SSSR count). The fourth-order valence-corrected chi connectivity index (χ4v) is 8.60. The maximum Gasteiger partial charge on any atom is 0.328 e. The molecule has 3 aromatic carbocycles. The van der Waals surface area contributed by atoms with Crippen molar-refractivity contribution in [3.8, 4) is 11.3 Å². The molecule has 2 aliphatic carbocycles. The van der Waals surface area contributed by atoms with Crippen molar-refractivity contribution in [2.45, 2.75) is 82.3 Å². The third-order valence-electron chi connectivity index (χ3n) is 11.4. The Balaban J connectivity index is 1.22. The number of rotatable bonds is 10. The standard InChI is InChI=1S/C43H51N5O4/c1-46(2)24-25-47-26-27-48-37-28-32(17-20-36(37)39(31-10-4-3-5-11-31)40(48)35-13-7-6-12-33(35)29-47)41(51)45-43(22-8-9-23-43)42(52)44-34-18-14-30(15-19-34)16-21-38(49)50/h6-7,12-21,28,31H,3-5,8-11,22-27,29H2,1-2H3,(H,44,52)(H,45,51)(H,49,50)/b21-16+. The van der Waals surface area contributed by atoms with Crippen molar-refractivity contribution < 1.29 is 19.5 Å². The van der Waals surface area contributed by atoms with Gasteiger partial charge in [0, 0.05) is 66.5 Å². The number of hydrogen-bond acceptors (Lipinski definition) is 5. The summed E-state index contributed by atoms with van der Waals surface area (Å²) in [5, 5.41) is 16.4. The highest BCUT2D eigenvalue weighted by Gasteiger charge is 2.43. The number of benzene rings is 3. The number of fused-ring (bicyclic) bond motifs is 5. The molecule has 2 saturated carbocycles. The van der Waals surface area contributed by atoms with E-state index in [0.717, 1.165) is 62.7 Å². The third kappa shape index (κ3) is 7.57. The molecule has 3 N–H and O–H groups in total. The average Bonchev–Trinajstić information content (AvgIpc) is 3.75. The minimum atomic E-state index is -1.02. The Morgan fingerprint density at radius 2 is 1.67 bits per heavy atom. The number of carboxylic acid groups (broad SMARTS) is 1. The van der Waals surface area contributed by atoms with E-state index in [1.54, 1.807) is 24.3 Å². The van der Waals surface area contributed by atoms with Crippen molar-refractivity contribution in [3.05, 3.63) is 95.1 Å². The predicted molar refractivity (Wildman–Crippen MR) is 207 cm³/mol. The molecule has 3 aliphatic rings. The Morgan fingerprint density at radius 3 is 2.40 bits per heavy atom. The summed E-state index contributed by atoms with van der Waals surface area (Å²) in [4.78, 5) is 43.8. The zero-order valence-corrected chi connectivity index (χ0v) is 30.5. The fraction of sp³-hybridized carbons (Fsp3) is 0.419. The first-order valence-corrected chi connectivity index (χ1v) is 19.0. The van der Waals surface area contributed by atoms with E-state index in [1.807, 2.05) is 6.07 Å². The van der Waals surface area contributed by atoms with E-state index in [9.17, 15) is 14.4 Å². The second-order valence-electron chi connectivity index (χ2n) is 15.2. The summed E-state index contributed by atoms with van der Waals surface area (Å²) in [7, 11) is 4.25. The Bertz CT molecular complexity index is 1970. The highest BCUT2D eigenvalue weighted by molar-refractivity contribution is 6.06. The Morgan fingerprint density at radius 1 is 0.923 bits per heavy atom. The van der Waals surface area contributed by atoms with Crippen LogP contribution in [0.1, 0.15) is 90.8 Å². The Kier molecular flexibility index (Phi) is 10.6. The van der Waals surface area contributed by atoms with Crippen LogP contribution in [-0.2, 0) is 22.7 Å². The highest BCUT2D eigenvalue weighted by Crippen LogP contribution is 2.46. The number of carboxylic acids is 1. The summed E-state index contributed by atoms with van der Waals surface area (Å²) >= 11 is 0. The number of nitrogens with one attached hydrogen (secondary N) is 2. The van der Waals surface area contributed by atoms with E-state index in [2.05, 4.69) is 75.5 Å². The number of likely N-dealkylation sites (N-methyl/N-ethyl adjacent to an activating group) is 1. The number of hydrogen-bond donors (Lipinski definition) is 3. The number of carbonyl (C=O) groups is 3. The van der Waals surface area contributed by atoms with Crippen LogP contribution in [0.25, 0.3) is 28.2 Å². The van der Waals surface area contributed by atoms with Crippen LogP contribution >= 0.6 is 0 Å². The van der Waals surface area contributed by atoms with Gasteiger partial charge in [0.05, 0.1) is 5.69 Å². The lowest BCUT2D eigenvalue weighted by molar-refractivity contribution is -0.131. The summed E-state index contributed by atoms with van der Waals surface area (Å²) in [6.07, 6.45) is 11.6. The van der Waals surface area contributed by atoms with Gasteiger partial charge in [-0.25, -0.2) is 4.79 Å². The zero-order chi connectivity index (χ0) is 36.2. The Labute approximate surface area is 306 Å². The number of nitrogens with zero attached hydrogens (tertiary/aromatic N) is 3. The van der Waals surface area contributed by atoms with Crippen molar-refractivity contribution in [1.82, 2.24) is 19.7 Å². The molecule has 52 heavy (non-hydrogen) atoms. The molecule has 2 amide bonds. The molecule has 0 spiro atoms. The summed E-state index contributed by atoms with van der Waals surface area (Å²) in [5.74, 6) is -0.996. The molecule has 272 valence electrons. The lowest BCUT2D eigenvalue weighted by Crippen LogP contribution is -2.55. The van der Waals surface area contributed by atoms with Crippen LogP contribution in [-0.4, -0.2) is 76.5 Å². The lowest BCUT2D eigenvalue weighted by atomic mass is 9.81. The fourth-order valence-electron chi connectivity index (χ4n) is 8.60. The summed E-state index contributed by atoms with van der Waals surface area (Å²) in [6, 6.07) is 22.1. The van der Waals surface area contributed by atoms with Gasteiger partial charge < -0.3 is 25.2 Å². The molecule has 0 unspecified atom stereocenters. The average molecular weight is 702 g/mol. The van der Waals surface area contributed by atoms with Crippen molar-refractivity contribution in [2.24, 2.45) is 0 Å². The maximum atomic E-state index is 14.2. The van der Waals surface area contributed by atoms with E-state index >= 15 is 0 Å². The number of anilines is 1. The SMILES string of the molecule is CN(C)CCN1CCn2c(c(C3CCCCC3)c3ccc(C(=O)NC4(C(=O)Nc5ccc(/C=C/C(=O)O)cc5)CCCC4)cc32)-c2ccccc2C1. The monoisotopic (exact) mass is 701 g/mol. The van der Waals surface area contributed by atoms with Crippen LogP contribution in [0.4, 0.5) is 5.69 Å². The second kappa shape index (κ2) is 15.5. The van der Waals surface area contributed by atoms with Crippen molar-refractivity contribution in [2.75, 3.05) is 39.0 Å². The van der Waals surface area contributed by atoms with E-state index in [-0.39, 0.29) is 11.8 Å². The van der Waals surface area contributed by atoms with E-state index < -0.39 is 11.5 Å². The van der Waals surface area contributed by atoms with Crippen LogP contribution < -0.4 is 10.6 Å². The molecule has 1 aromatic heterocycles. The van der Waals surface area contributed by atoms with E-state index in [0.29, 0.717) is 30.0 Å². The van der Waals surface area contributed by atoms with Gasteiger partial charge in [0.15, 0.2) is 0 Å². The van der Waals surface area contributed by atoms with Crippen molar-refractivity contribution in [1.29, 1.82) is 0 Å². The molecule has 0 bridgehead atoms. The zero-order valence-electron chi connectivity index (χ0n) is 30.5. The first kappa shape index (κ1) is 35.7. The third-order valence-corrected chi connectivity index (χ3v) is 11.4. The second-order valence-corrected chi connectivity index (χ2v) is 15.2. The number of aromatic nitrogens is 1. The molecular weight excluding hydrogens is 651 g/mol. The van der Waals surface area contributed by atoms with Crippen LogP contribution in [0, 0.1) is 0 Å². The van der Waals surface area contributed by atoms with Gasteiger partial charge in [-0.2, -0.15) is 0 Å². The summed E-state index contributed by atoms with van der Waals surface area (Å²) < 4.78 is 2.49. The van der Waals surface area contributed by atoms with Gasteiger partial charge in [-0.1, -0.05) is 74.6 Å². The maximum absolute atomic E-state index is 14.2. The minimum Gasteiger partial charge on any atom is -0.478 e. The molecule has 0 atom stereocenters. The van der Waals surface area contributed by atoms with E-state index in [1.165, 1.54) is 66.0 Å². The topological polar surface area (TPSA) is 107 Å². The first-order chi connectivity index (χ1) is 25.2. The van der Waals surface area contributed by atoms with Gasteiger partial charge in [-0.15, -0.1) is 0 Å². The molecule has 2 heterocycles. The predicted octanol–water partition coefficient (Wildman–Crippen LogP) is 7.51. The van der Waals surface area contributed by atoms with Crippen LogP contribution in [0.15, 0.2) is 72.8 Å². The quantitative estimate of drug-likeness (QED) is 0.148. The van der Waals surface area contributed by atoms with Gasteiger partial charge >= 0.3 is 5.97 Å². The molecule has 0 saturated heterocycles. The molecule has 9 nitrogen and oxygen atoms in total. The van der Waals surface area contributed by atoms with Crippen LogP contribution in [0.2, 0.25) is 0 Å². The minimum absolute atomic E-state index is 0.227. The molecular formula is C43H51N5O4. The Hall–Kier alpha value is -4.73. The summed E-state index contributed by atoms with van der Waals surface area (Å²) in [5.41, 5.74) is 7.36. The molecule has 4 aromatic rings. The van der Waals surface area contributed by atoms with Gasteiger partial charge in [0.2, 0.25) is 5.91 Å². The summed E-state index contributed by atoms with van der Waals surface area (Å²) in [6.45, 7) is 4.64. The van der Waals surface area contributed by atoms with Crippen LogP contribution in [0.5, 0.6) is 0 Å². The molecule has 1 aliphatic heterocycles. The lowest BCUT2D eigenvalue weighted by Gasteiger charge is -2.30. The van der Waals surface area contributed by atoms with Crippen molar-refractivity contribution in [3.63, 3.8) is 0 Å². The van der Waals surface area contributed by atoms with Crippen molar-refractivity contribution >= 4 is 40.4 Å². The van der Waals surface area contributed by atoms with Gasteiger partial charge in [0.25, 0.3) is 5.91 Å².